The van der Waals surface area contributed by atoms with Crippen LogP contribution in [0.2, 0.25) is 0 Å². The summed E-state index contributed by atoms with van der Waals surface area (Å²) in [4.78, 5) is 0. The molecule has 4 nitrogen and oxygen atoms in total. The van der Waals surface area contributed by atoms with Gasteiger partial charge in [0, 0.05) is 14.2 Å². The van der Waals surface area contributed by atoms with Crippen molar-refractivity contribution in [2.75, 3.05) is 27.5 Å². The van der Waals surface area contributed by atoms with Crippen LogP contribution in [0.15, 0.2) is 0 Å². The minimum Gasteiger partial charge on any atom is -0.382 e. The van der Waals surface area contributed by atoms with E-state index < -0.39 is 5.47 Å². The standard InChI is InChI=1S/C8H18BO4PS2/c1-10-4-5-6(13-14(3,15)16)7(11-2)8(9)12-5/h5-8H,4,9H2,1-3H3,(H,15,16)/t5-,6?,7?,8-/m1/s1. The number of methoxy groups -OCH3 is 2. The van der Waals surface area contributed by atoms with Crippen molar-refractivity contribution in [1.29, 1.82) is 0 Å². The highest BCUT2D eigenvalue weighted by atomic mass is 32.9. The van der Waals surface area contributed by atoms with E-state index in [9.17, 15) is 0 Å². The smallest absolute Gasteiger partial charge is 0.142 e. The molecular formula is C8H18BO4PS2. The Morgan fingerprint density at radius 1 is 1.44 bits per heavy atom. The molecule has 0 bridgehead atoms. The maximum absolute atomic E-state index is 5.80. The van der Waals surface area contributed by atoms with Crippen LogP contribution in [0.1, 0.15) is 0 Å². The first-order chi connectivity index (χ1) is 7.39. The molecule has 0 spiro atoms. The maximum atomic E-state index is 5.80. The van der Waals surface area contributed by atoms with Crippen LogP contribution in [-0.4, -0.2) is 59.7 Å². The number of rotatable bonds is 5. The average molecular weight is 284 g/mol. The molecule has 5 atom stereocenters. The molecule has 1 fully saturated rings. The third-order valence-electron chi connectivity index (χ3n) is 2.46. The first-order valence-electron chi connectivity index (χ1n) is 5.05. The monoisotopic (exact) mass is 284 g/mol. The summed E-state index contributed by atoms with van der Waals surface area (Å²) in [5.74, 6) is 0. The Labute approximate surface area is 108 Å². The number of hydrogen-bond donors (Lipinski definition) is 1. The van der Waals surface area contributed by atoms with Crippen LogP contribution < -0.4 is 0 Å². The van der Waals surface area contributed by atoms with Gasteiger partial charge in [0.25, 0.3) is 0 Å². The molecule has 0 radical (unpaired) electrons. The first kappa shape index (κ1) is 15.0. The summed E-state index contributed by atoms with van der Waals surface area (Å²) >= 11 is 9.50. The van der Waals surface area contributed by atoms with Crippen LogP contribution in [0.5, 0.6) is 0 Å². The van der Waals surface area contributed by atoms with Gasteiger partial charge in [0.05, 0.1) is 12.6 Å². The Morgan fingerprint density at radius 2 is 2.06 bits per heavy atom. The van der Waals surface area contributed by atoms with Crippen molar-refractivity contribution in [1.82, 2.24) is 0 Å². The largest absolute Gasteiger partial charge is 0.382 e. The molecule has 0 saturated carbocycles. The molecule has 8 heteroatoms. The first-order valence-corrected chi connectivity index (χ1v) is 9.37. The Bertz CT molecular complexity index is 275. The maximum Gasteiger partial charge on any atom is 0.142 e. The van der Waals surface area contributed by atoms with Gasteiger partial charge in [0.2, 0.25) is 0 Å². The summed E-state index contributed by atoms with van der Waals surface area (Å²) in [7, 11) is 5.24. The molecule has 0 amide bonds. The summed E-state index contributed by atoms with van der Waals surface area (Å²) < 4.78 is 22.0. The second-order valence-corrected chi connectivity index (χ2v) is 10.9. The molecule has 0 aromatic carbocycles. The predicted molar refractivity (Wildman–Crippen MR) is 73.9 cm³/mol. The lowest BCUT2D eigenvalue weighted by Crippen LogP contribution is -2.37. The quantitative estimate of drug-likeness (QED) is 0.445. The third kappa shape index (κ3) is 3.98. The van der Waals surface area contributed by atoms with E-state index in [2.05, 4.69) is 12.2 Å². The lowest BCUT2D eigenvalue weighted by molar-refractivity contribution is -0.00917. The highest BCUT2D eigenvalue weighted by molar-refractivity contribution is 8.61. The summed E-state index contributed by atoms with van der Waals surface area (Å²) in [5, 5.41) is 0. The molecule has 0 aromatic heterocycles. The van der Waals surface area contributed by atoms with Crippen molar-refractivity contribution in [2.24, 2.45) is 0 Å². The molecule has 1 aliphatic rings. The zero-order valence-corrected chi connectivity index (χ0v) is 12.6. The topological polar surface area (TPSA) is 36.9 Å². The van der Waals surface area contributed by atoms with Crippen molar-refractivity contribution in [3.63, 3.8) is 0 Å². The van der Waals surface area contributed by atoms with Gasteiger partial charge >= 0.3 is 0 Å². The van der Waals surface area contributed by atoms with E-state index in [0.29, 0.717) is 6.61 Å². The summed E-state index contributed by atoms with van der Waals surface area (Å²) in [6.45, 7) is 2.29. The molecule has 1 rings (SSSR count). The van der Waals surface area contributed by atoms with Crippen LogP contribution in [0.4, 0.5) is 0 Å². The summed E-state index contributed by atoms with van der Waals surface area (Å²) in [6, 6.07) is -0.0231. The Hall–Kier alpha value is 0.905. The molecule has 16 heavy (non-hydrogen) atoms. The van der Waals surface area contributed by atoms with E-state index in [1.54, 1.807) is 14.2 Å². The fourth-order valence-electron chi connectivity index (χ4n) is 1.89. The Balaban J connectivity index is 2.75. The molecule has 0 aliphatic carbocycles. The molecule has 1 heterocycles. The minimum absolute atomic E-state index is 0.0231. The Morgan fingerprint density at radius 3 is 2.50 bits per heavy atom. The second-order valence-electron chi connectivity index (χ2n) is 3.91. The molecule has 0 N–H and O–H groups in total. The predicted octanol–water partition coefficient (Wildman–Crippen LogP) is 0.260. The van der Waals surface area contributed by atoms with Crippen LogP contribution >= 0.6 is 17.7 Å². The van der Waals surface area contributed by atoms with Gasteiger partial charge in [-0.3, -0.25) is 0 Å². The van der Waals surface area contributed by atoms with E-state index >= 15 is 0 Å². The fourth-order valence-corrected chi connectivity index (χ4v) is 3.22. The van der Waals surface area contributed by atoms with Crippen molar-refractivity contribution >= 4 is 37.4 Å². The highest BCUT2D eigenvalue weighted by Gasteiger charge is 2.44. The van der Waals surface area contributed by atoms with Gasteiger partial charge in [-0.15, -0.1) is 12.2 Å². The van der Waals surface area contributed by atoms with Gasteiger partial charge in [-0.05, 0) is 6.66 Å². The molecule has 1 saturated heterocycles. The van der Waals surface area contributed by atoms with Gasteiger partial charge in [-0.1, -0.05) is 11.8 Å². The van der Waals surface area contributed by atoms with Crippen LogP contribution in [0.25, 0.3) is 0 Å². The van der Waals surface area contributed by atoms with E-state index in [1.165, 1.54) is 0 Å². The van der Waals surface area contributed by atoms with Gasteiger partial charge in [-0.2, -0.15) is 0 Å². The number of hydrogen-bond acceptors (Lipinski definition) is 5. The number of ether oxygens (including phenoxy) is 3. The van der Waals surface area contributed by atoms with Gasteiger partial charge in [-0.25, -0.2) is 0 Å². The lowest BCUT2D eigenvalue weighted by atomic mass is 9.93. The second kappa shape index (κ2) is 6.18. The molecule has 1 aliphatic heterocycles. The summed E-state index contributed by atoms with van der Waals surface area (Å²) in [6.07, 6.45) is -0.456. The van der Waals surface area contributed by atoms with Crippen molar-refractivity contribution in [2.45, 2.75) is 24.3 Å². The molecular weight excluding hydrogens is 266 g/mol. The van der Waals surface area contributed by atoms with E-state index in [-0.39, 0.29) is 24.3 Å². The van der Waals surface area contributed by atoms with E-state index in [4.69, 9.17) is 30.5 Å². The SMILES string of the molecule is B[C@@H]1O[C@H](COC)C(OP(C)(=S)S)C1OC. The zero-order valence-electron chi connectivity index (χ0n) is 9.95. The molecule has 0 aromatic rings. The van der Waals surface area contributed by atoms with Gasteiger partial charge in [0.15, 0.2) is 0 Å². The van der Waals surface area contributed by atoms with Gasteiger partial charge < -0.3 is 18.7 Å². The molecule has 3 unspecified atom stereocenters. The average Bonchev–Trinajstić information content (AvgIpc) is 2.41. The van der Waals surface area contributed by atoms with Crippen molar-refractivity contribution in [3.8, 4) is 0 Å². The lowest BCUT2D eigenvalue weighted by Gasteiger charge is -2.25. The van der Waals surface area contributed by atoms with Crippen LogP contribution in [-0.2, 0) is 30.5 Å². The van der Waals surface area contributed by atoms with Crippen molar-refractivity contribution < 1.29 is 18.7 Å². The minimum atomic E-state index is -2.04. The fraction of sp³-hybridized carbons (Fsp3) is 1.00. The normalized spacial score (nSPS) is 38.5. The van der Waals surface area contributed by atoms with Gasteiger partial charge in [0.1, 0.15) is 31.6 Å². The van der Waals surface area contributed by atoms with Crippen molar-refractivity contribution in [3.05, 3.63) is 0 Å². The van der Waals surface area contributed by atoms with Crippen LogP contribution in [0.3, 0.4) is 0 Å². The third-order valence-corrected chi connectivity index (χ3v) is 3.64. The Kier molecular flexibility index (Phi) is 5.78. The summed E-state index contributed by atoms with van der Waals surface area (Å²) in [5.41, 5.74) is -2.04. The van der Waals surface area contributed by atoms with Crippen LogP contribution in [0, 0.1) is 0 Å². The van der Waals surface area contributed by atoms with E-state index in [1.807, 2.05) is 14.5 Å². The molecule has 94 valence electrons. The zero-order chi connectivity index (χ0) is 12.3. The number of thiol groups is 1. The van der Waals surface area contributed by atoms with E-state index in [0.717, 1.165) is 0 Å². The highest BCUT2D eigenvalue weighted by Crippen LogP contribution is 2.51.